The number of nitrogens with zero attached hydrogens (tertiary/aromatic N) is 6. The highest BCUT2D eigenvalue weighted by Crippen LogP contribution is 2.41. The Morgan fingerprint density at radius 1 is 1.18 bits per heavy atom. The van der Waals surface area contributed by atoms with E-state index in [1.807, 2.05) is 37.8 Å². The molecule has 1 aliphatic carbocycles. The zero-order valence-electron chi connectivity index (χ0n) is 22.7. The van der Waals surface area contributed by atoms with E-state index in [-0.39, 0.29) is 23.9 Å². The van der Waals surface area contributed by atoms with Gasteiger partial charge in [0.15, 0.2) is 5.65 Å². The second kappa shape index (κ2) is 10.1. The first-order valence-electron chi connectivity index (χ1n) is 13.4. The number of carbonyl (C=O) groups is 1. The van der Waals surface area contributed by atoms with Gasteiger partial charge in [-0.2, -0.15) is 4.98 Å². The standard InChI is InChI=1S/C29H35ClN6O2/c1-7-23(37)34-14-19(6)35(15-18(34)5)27-21-13-22(30)25(20-9-8-10-20)32-28(21)36(29(38)33-27)26-17(4)11-12-31-24(26)16(2)3/h7,11-13,16,18-20H,1,8-10,14-15H2,2-6H3/t18-,19+/m1/s1. The number of carbonyl (C=O) groups excluding carboxylic acids is 1. The number of aromatic nitrogens is 4. The summed E-state index contributed by atoms with van der Waals surface area (Å²) in [6.45, 7) is 14.8. The van der Waals surface area contributed by atoms with Crippen LogP contribution in [0.3, 0.4) is 0 Å². The second-order valence-electron chi connectivity index (χ2n) is 11.0. The van der Waals surface area contributed by atoms with Crippen molar-refractivity contribution in [3.8, 4) is 5.69 Å². The smallest absolute Gasteiger partial charge is 0.349 e. The normalized spacial score (nSPS) is 20.2. The summed E-state index contributed by atoms with van der Waals surface area (Å²) >= 11 is 6.85. The number of aryl methyl sites for hydroxylation is 1. The van der Waals surface area contributed by atoms with E-state index in [0.717, 1.165) is 47.3 Å². The number of pyridine rings is 2. The average molecular weight is 535 g/mol. The van der Waals surface area contributed by atoms with E-state index >= 15 is 0 Å². The molecule has 0 N–H and O–H groups in total. The van der Waals surface area contributed by atoms with Crippen LogP contribution in [-0.2, 0) is 4.79 Å². The molecule has 2 fully saturated rings. The van der Waals surface area contributed by atoms with Crippen LogP contribution in [0.2, 0.25) is 5.02 Å². The van der Waals surface area contributed by atoms with Crippen molar-refractivity contribution < 1.29 is 4.79 Å². The van der Waals surface area contributed by atoms with Crippen molar-refractivity contribution in [1.29, 1.82) is 0 Å². The molecule has 5 rings (SSSR count). The van der Waals surface area contributed by atoms with Crippen LogP contribution in [-0.4, -0.2) is 55.5 Å². The Kier molecular flexibility index (Phi) is 7.03. The largest absolute Gasteiger partial charge is 0.355 e. The SMILES string of the molecule is C=CC(=O)N1C[C@H](C)N(c2nc(=O)n(-c3c(C)ccnc3C(C)C)c3nc(C4CCC4)c(Cl)cc23)C[C@H]1C. The Balaban J connectivity index is 1.76. The lowest BCUT2D eigenvalue weighted by Crippen LogP contribution is -2.58. The van der Waals surface area contributed by atoms with Gasteiger partial charge in [0.25, 0.3) is 0 Å². The molecule has 0 aromatic carbocycles. The van der Waals surface area contributed by atoms with Crippen molar-refractivity contribution in [2.75, 3.05) is 18.0 Å². The summed E-state index contributed by atoms with van der Waals surface area (Å²) in [5.74, 6) is 0.842. The van der Waals surface area contributed by atoms with Gasteiger partial charge in [-0.15, -0.1) is 0 Å². The molecule has 1 aliphatic heterocycles. The van der Waals surface area contributed by atoms with Crippen LogP contribution in [0.5, 0.6) is 0 Å². The summed E-state index contributed by atoms with van der Waals surface area (Å²) in [5.41, 5.74) is 3.48. The number of piperazine rings is 1. The molecule has 3 aromatic rings. The van der Waals surface area contributed by atoms with E-state index in [9.17, 15) is 9.59 Å². The minimum absolute atomic E-state index is 0.0718. The predicted octanol–water partition coefficient (Wildman–Crippen LogP) is 5.14. The molecular formula is C29H35ClN6O2. The molecule has 0 unspecified atom stereocenters. The Morgan fingerprint density at radius 2 is 1.92 bits per heavy atom. The third-order valence-corrected chi connectivity index (χ3v) is 8.26. The quantitative estimate of drug-likeness (QED) is 0.421. The van der Waals surface area contributed by atoms with Crippen LogP contribution in [0.15, 0.2) is 35.8 Å². The lowest BCUT2D eigenvalue weighted by Gasteiger charge is -2.44. The van der Waals surface area contributed by atoms with Crippen LogP contribution >= 0.6 is 11.6 Å². The molecule has 2 aliphatic rings. The second-order valence-corrected chi connectivity index (χ2v) is 11.4. The zero-order valence-corrected chi connectivity index (χ0v) is 23.5. The number of halogens is 1. The molecule has 2 atom stereocenters. The molecule has 200 valence electrons. The third kappa shape index (κ3) is 4.38. The lowest BCUT2D eigenvalue weighted by molar-refractivity contribution is -0.128. The fraction of sp³-hybridized carbons (Fsp3) is 0.483. The van der Waals surface area contributed by atoms with Crippen molar-refractivity contribution in [3.05, 3.63) is 63.4 Å². The fourth-order valence-electron chi connectivity index (χ4n) is 5.64. The van der Waals surface area contributed by atoms with Gasteiger partial charge in [0.1, 0.15) is 5.82 Å². The molecule has 0 spiro atoms. The molecule has 1 saturated carbocycles. The Morgan fingerprint density at radius 3 is 2.55 bits per heavy atom. The number of hydrogen-bond donors (Lipinski definition) is 0. The van der Waals surface area contributed by atoms with E-state index in [2.05, 4.69) is 35.3 Å². The molecule has 0 bridgehead atoms. The minimum Gasteiger partial charge on any atom is -0.349 e. The first-order chi connectivity index (χ1) is 18.1. The van der Waals surface area contributed by atoms with E-state index in [1.165, 1.54) is 6.08 Å². The Hall–Kier alpha value is -3.26. The van der Waals surface area contributed by atoms with Crippen LogP contribution < -0.4 is 10.6 Å². The zero-order chi connectivity index (χ0) is 27.3. The first kappa shape index (κ1) is 26.4. The molecule has 3 aromatic heterocycles. The molecule has 0 radical (unpaired) electrons. The van der Waals surface area contributed by atoms with Crippen molar-refractivity contribution in [1.82, 2.24) is 24.4 Å². The Bertz CT molecular complexity index is 1480. The fourth-order valence-corrected chi connectivity index (χ4v) is 5.94. The molecule has 38 heavy (non-hydrogen) atoms. The minimum atomic E-state index is -0.399. The molecule has 9 heteroatoms. The van der Waals surface area contributed by atoms with E-state index in [1.54, 1.807) is 10.8 Å². The van der Waals surface area contributed by atoms with Gasteiger partial charge in [0.2, 0.25) is 5.91 Å². The van der Waals surface area contributed by atoms with Crippen molar-refractivity contribution in [2.24, 2.45) is 0 Å². The maximum atomic E-state index is 13.9. The van der Waals surface area contributed by atoms with Crippen LogP contribution in [0.25, 0.3) is 16.7 Å². The highest BCUT2D eigenvalue weighted by Gasteiger charge is 2.34. The van der Waals surface area contributed by atoms with Crippen LogP contribution in [0.1, 0.15) is 75.7 Å². The van der Waals surface area contributed by atoms with Gasteiger partial charge in [-0.1, -0.05) is 38.4 Å². The molecule has 4 heterocycles. The maximum Gasteiger partial charge on any atom is 0.355 e. The van der Waals surface area contributed by atoms with E-state index in [4.69, 9.17) is 16.6 Å². The Labute approximate surface area is 228 Å². The number of anilines is 1. The van der Waals surface area contributed by atoms with Crippen molar-refractivity contribution >= 4 is 34.4 Å². The monoisotopic (exact) mass is 534 g/mol. The van der Waals surface area contributed by atoms with Crippen LogP contribution in [0.4, 0.5) is 5.82 Å². The molecule has 1 saturated heterocycles. The van der Waals surface area contributed by atoms with Crippen molar-refractivity contribution in [2.45, 2.75) is 77.8 Å². The van der Waals surface area contributed by atoms with E-state index in [0.29, 0.717) is 35.5 Å². The van der Waals surface area contributed by atoms with Gasteiger partial charge >= 0.3 is 5.69 Å². The number of hydrogen-bond acceptors (Lipinski definition) is 6. The summed E-state index contributed by atoms with van der Waals surface area (Å²) in [5, 5.41) is 1.32. The average Bonchev–Trinajstić information content (AvgIpc) is 2.84. The number of rotatable bonds is 5. The maximum absolute atomic E-state index is 13.9. The van der Waals surface area contributed by atoms with Gasteiger partial charge < -0.3 is 9.80 Å². The van der Waals surface area contributed by atoms with Gasteiger partial charge in [0, 0.05) is 37.3 Å². The highest BCUT2D eigenvalue weighted by molar-refractivity contribution is 6.32. The topological polar surface area (TPSA) is 84.2 Å². The van der Waals surface area contributed by atoms with Gasteiger partial charge in [-0.25, -0.2) is 14.3 Å². The number of fused-ring (bicyclic) bond motifs is 1. The van der Waals surface area contributed by atoms with E-state index < -0.39 is 5.69 Å². The first-order valence-corrected chi connectivity index (χ1v) is 13.8. The van der Waals surface area contributed by atoms with Gasteiger partial charge in [0.05, 0.1) is 27.5 Å². The molecular weight excluding hydrogens is 500 g/mol. The molecule has 8 nitrogen and oxygen atoms in total. The molecule has 1 amide bonds. The summed E-state index contributed by atoms with van der Waals surface area (Å²) in [4.78, 5) is 44.6. The highest BCUT2D eigenvalue weighted by atomic mass is 35.5. The van der Waals surface area contributed by atoms with Gasteiger partial charge in [-0.3, -0.25) is 9.78 Å². The number of amides is 1. The predicted molar refractivity (Wildman–Crippen MR) is 152 cm³/mol. The van der Waals surface area contributed by atoms with Crippen molar-refractivity contribution in [3.63, 3.8) is 0 Å². The third-order valence-electron chi connectivity index (χ3n) is 7.96. The summed E-state index contributed by atoms with van der Waals surface area (Å²) in [6, 6.07) is 3.68. The van der Waals surface area contributed by atoms with Gasteiger partial charge in [-0.05, 0) is 63.3 Å². The summed E-state index contributed by atoms with van der Waals surface area (Å²) in [6.07, 6.45) is 6.36. The lowest BCUT2D eigenvalue weighted by atomic mass is 9.82. The van der Waals surface area contributed by atoms with Crippen LogP contribution in [0, 0.1) is 6.92 Å². The summed E-state index contributed by atoms with van der Waals surface area (Å²) in [7, 11) is 0. The summed E-state index contributed by atoms with van der Waals surface area (Å²) < 4.78 is 1.63.